The van der Waals surface area contributed by atoms with Gasteiger partial charge in [0, 0.05) is 0 Å². The second kappa shape index (κ2) is 43.1. The molecule has 8 atom stereocenters. The van der Waals surface area contributed by atoms with Crippen molar-refractivity contribution in [2.75, 3.05) is 25.1 Å². The second-order valence-corrected chi connectivity index (χ2v) is 21.0. The molecular formula is C58H105F3N2O9. The maximum atomic E-state index is 13.5. The molecule has 0 aliphatic carbocycles. The summed E-state index contributed by atoms with van der Waals surface area (Å²) in [5, 5.41) is 60.0. The number of unbranched alkanes of at least 4 members (excludes halogenated alkanes) is 34. The molecule has 0 aromatic heterocycles. The molecule has 1 aromatic rings. The van der Waals surface area contributed by atoms with Crippen molar-refractivity contribution in [3.63, 3.8) is 0 Å². The first kappa shape index (κ1) is 66.1. The number of aliphatic hydroxyl groups excluding tert-OH is 5. The number of ether oxygens (including phenoxy) is 3. The lowest BCUT2D eigenvalue weighted by Gasteiger charge is -2.40. The molecule has 0 unspecified atom stereocenters. The standard InChI is InChI=1S/C58H105F3N2O9/c1-3-5-7-9-11-13-15-17-18-19-20-21-22-23-24-25-26-27-28-30-32-34-36-40-44-62-49(52(65)50(64)43-37-35-33-31-29-16-14-12-10-8-6-4-2)45-70-56-55(68)54(67)53(66)51(72-56)46-71-57(69)63-48-42-39-38-41-47(48)58(59,60)61/h38-39,41-42,49-56,62,64-68H,3-37,40,43-46H2,1-2H3,(H,63,69)/t49-,50+,51+,52-,53-,54-,55+,56+/m0/s1. The number of amides is 1. The Morgan fingerprint density at radius 1 is 0.583 bits per heavy atom. The highest BCUT2D eigenvalue weighted by Gasteiger charge is 2.45. The third kappa shape index (κ3) is 31.8. The summed E-state index contributed by atoms with van der Waals surface area (Å²) in [5.41, 5.74) is -1.60. The van der Waals surface area contributed by atoms with Crippen LogP contribution < -0.4 is 10.6 Å². The lowest BCUT2D eigenvalue weighted by atomic mass is 9.98. The number of hydrogen-bond acceptors (Lipinski definition) is 10. The van der Waals surface area contributed by atoms with Crippen LogP contribution in [-0.4, -0.2) is 100 Å². The van der Waals surface area contributed by atoms with E-state index < -0.39 is 79.1 Å². The smallest absolute Gasteiger partial charge is 0.418 e. The maximum Gasteiger partial charge on any atom is 0.418 e. The Hall–Kier alpha value is -2.04. The molecule has 14 heteroatoms. The zero-order chi connectivity index (χ0) is 52.5. The minimum Gasteiger partial charge on any atom is -0.446 e. The second-order valence-electron chi connectivity index (χ2n) is 21.0. The van der Waals surface area contributed by atoms with Crippen molar-refractivity contribution in [3.8, 4) is 0 Å². The SMILES string of the molecule is CCCCCCCCCCCCCCCCCCCCCCCCCCN[C@@H](CO[C@@H]1O[C@H](COC(=O)Nc2ccccc2C(F)(F)F)[C@H](O)[C@H](O)[C@H]1O)[C@H](O)[C@H](O)CCCCCCCCCCCCCC. The first-order valence-electron chi connectivity index (χ1n) is 29.4. The van der Waals surface area contributed by atoms with Crippen LogP contribution in [0.5, 0.6) is 0 Å². The van der Waals surface area contributed by atoms with Gasteiger partial charge in [-0.05, 0) is 31.5 Å². The van der Waals surface area contributed by atoms with E-state index in [2.05, 4.69) is 19.2 Å². The van der Waals surface area contributed by atoms with Crippen LogP contribution in [0.4, 0.5) is 23.7 Å². The summed E-state index contributed by atoms with van der Waals surface area (Å²) >= 11 is 0. The van der Waals surface area contributed by atoms with Crippen molar-refractivity contribution >= 4 is 11.8 Å². The number of carbonyl (C=O) groups excluding carboxylic acids is 1. The summed E-state index contributed by atoms with van der Waals surface area (Å²) in [6, 6.07) is 3.61. The van der Waals surface area contributed by atoms with Crippen molar-refractivity contribution in [1.82, 2.24) is 5.32 Å². The summed E-state index contributed by atoms with van der Waals surface area (Å²) in [5.74, 6) is 0. The van der Waals surface area contributed by atoms with Gasteiger partial charge in [0.2, 0.25) is 0 Å². The third-order valence-electron chi connectivity index (χ3n) is 14.6. The molecular weight excluding hydrogens is 926 g/mol. The summed E-state index contributed by atoms with van der Waals surface area (Å²) in [6.07, 6.45) is 29.7. The third-order valence-corrected chi connectivity index (χ3v) is 14.6. The molecule has 1 amide bonds. The number of halogens is 3. The molecule has 422 valence electrons. The Kier molecular flexibility index (Phi) is 39.6. The summed E-state index contributed by atoms with van der Waals surface area (Å²) in [6.45, 7) is 4.14. The van der Waals surface area contributed by atoms with E-state index in [-0.39, 0.29) is 6.61 Å². The number of benzene rings is 1. The van der Waals surface area contributed by atoms with Gasteiger partial charge in [0.05, 0.1) is 36.1 Å². The van der Waals surface area contributed by atoms with Gasteiger partial charge < -0.3 is 45.1 Å². The minimum absolute atomic E-state index is 0.233. The Morgan fingerprint density at radius 3 is 1.42 bits per heavy atom. The van der Waals surface area contributed by atoms with E-state index in [9.17, 15) is 43.5 Å². The number of anilines is 1. The molecule has 0 spiro atoms. The van der Waals surface area contributed by atoms with Gasteiger partial charge in [-0.25, -0.2) is 4.79 Å². The van der Waals surface area contributed by atoms with Gasteiger partial charge in [-0.15, -0.1) is 0 Å². The minimum atomic E-state index is -4.73. The molecule has 0 bridgehead atoms. The summed E-state index contributed by atoms with van der Waals surface area (Å²) in [7, 11) is 0. The zero-order valence-corrected chi connectivity index (χ0v) is 45.2. The molecule has 1 aromatic carbocycles. The van der Waals surface area contributed by atoms with Gasteiger partial charge in [0.25, 0.3) is 0 Å². The van der Waals surface area contributed by atoms with E-state index in [1.807, 2.05) is 5.32 Å². The van der Waals surface area contributed by atoms with Crippen LogP contribution in [0, 0.1) is 0 Å². The number of aliphatic hydroxyl groups is 5. The van der Waals surface area contributed by atoms with E-state index in [4.69, 9.17) is 14.2 Å². The van der Waals surface area contributed by atoms with Gasteiger partial charge in [-0.2, -0.15) is 13.2 Å². The fourth-order valence-corrected chi connectivity index (χ4v) is 9.82. The van der Waals surface area contributed by atoms with Gasteiger partial charge in [0.15, 0.2) is 6.29 Å². The van der Waals surface area contributed by atoms with Crippen LogP contribution in [0.3, 0.4) is 0 Å². The average molecular weight is 1030 g/mol. The van der Waals surface area contributed by atoms with Gasteiger partial charge >= 0.3 is 12.3 Å². The lowest BCUT2D eigenvalue weighted by molar-refractivity contribution is -0.302. The average Bonchev–Trinajstić information content (AvgIpc) is 3.36. The van der Waals surface area contributed by atoms with Gasteiger partial charge in [0.1, 0.15) is 31.0 Å². The normalized spacial score (nSPS) is 19.6. The quantitative estimate of drug-likeness (QED) is 0.0312. The van der Waals surface area contributed by atoms with Gasteiger partial charge in [-0.1, -0.05) is 251 Å². The summed E-state index contributed by atoms with van der Waals surface area (Å²) in [4.78, 5) is 12.5. The maximum absolute atomic E-state index is 13.5. The molecule has 0 radical (unpaired) electrons. The number of rotatable bonds is 47. The first-order valence-corrected chi connectivity index (χ1v) is 29.4. The predicted molar refractivity (Wildman–Crippen MR) is 285 cm³/mol. The molecule has 11 nitrogen and oxygen atoms in total. The molecule has 1 saturated heterocycles. The molecule has 0 saturated carbocycles. The molecule has 72 heavy (non-hydrogen) atoms. The fraction of sp³-hybridized carbons (Fsp3) is 0.879. The number of carbonyl (C=O) groups is 1. The Morgan fingerprint density at radius 2 is 0.986 bits per heavy atom. The monoisotopic (exact) mass is 1030 g/mol. The van der Waals surface area contributed by atoms with Crippen molar-refractivity contribution in [2.24, 2.45) is 0 Å². The molecule has 1 aliphatic heterocycles. The van der Waals surface area contributed by atoms with Crippen LogP contribution in [0.15, 0.2) is 24.3 Å². The van der Waals surface area contributed by atoms with Crippen LogP contribution in [-0.2, 0) is 20.4 Å². The van der Waals surface area contributed by atoms with Gasteiger partial charge in [-0.3, -0.25) is 5.32 Å². The van der Waals surface area contributed by atoms with Crippen molar-refractivity contribution in [2.45, 2.75) is 307 Å². The number of nitrogens with one attached hydrogen (secondary N) is 2. The highest BCUT2D eigenvalue weighted by atomic mass is 19.4. The highest BCUT2D eigenvalue weighted by Crippen LogP contribution is 2.35. The van der Waals surface area contributed by atoms with Crippen molar-refractivity contribution in [3.05, 3.63) is 29.8 Å². The summed E-state index contributed by atoms with van der Waals surface area (Å²) < 4.78 is 57.0. The first-order chi connectivity index (χ1) is 34.9. The van der Waals surface area contributed by atoms with Crippen LogP contribution in [0.1, 0.15) is 257 Å². The topological polar surface area (TPSA) is 170 Å². The van der Waals surface area contributed by atoms with E-state index in [0.29, 0.717) is 13.0 Å². The largest absolute Gasteiger partial charge is 0.446 e. The van der Waals surface area contributed by atoms with E-state index in [1.165, 1.54) is 198 Å². The van der Waals surface area contributed by atoms with Crippen molar-refractivity contribution in [1.29, 1.82) is 0 Å². The Balaban J connectivity index is 1.73. The molecule has 1 heterocycles. The lowest BCUT2D eigenvalue weighted by Crippen LogP contribution is -2.60. The molecule has 1 aliphatic rings. The van der Waals surface area contributed by atoms with E-state index in [1.54, 1.807) is 0 Å². The number of alkyl halides is 3. The number of hydrogen-bond donors (Lipinski definition) is 7. The van der Waals surface area contributed by atoms with E-state index in [0.717, 1.165) is 57.1 Å². The Bertz CT molecular complexity index is 1410. The molecule has 7 N–H and O–H groups in total. The molecule has 2 rings (SSSR count). The number of para-hydroxylation sites is 1. The highest BCUT2D eigenvalue weighted by molar-refractivity contribution is 5.85. The van der Waals surface area contributed by atoms with Crippen LogP contribution in [0.25, 0.3) is 0 Å². The van der Waals surface area contributed by atoms with Crippen LogP contribution in [0.2, 0.25) is 0 Å². The fourth-order valence-electron chi connectivity index (χ4n) is 9.82. The van der Waals surface area contributed by atoms with Crippen LogP contribution >= 0.6 is 0 Å². The van der Waals surface area contributed by atoms with Crippen molar-refractivity contribution < 1.29 is 57.7 Å². The van der Waals surface area contributed by atoms with E-state index >= 15 is 0 Å². The zero-order valence-electron chi connectivity index (χ0n) is 45.2. The predicted octanol–water partition coefficient (Wildman–Crippen LogP) is 14.2. The molecule has 1 fully saturated rings. The Labute approximate surface area is 434 Å².